The van der Waals surface area contributed by atoms with Crippen LogP contribution in [0.5, 0.6) is 0 Å². The number of hydrogen-bond donors (Lipinski definition) is 1. The number of aryl methyl sites for hydroxylation is 1. The first-order valence-electron chi connectivity index (χ1n) is 9.17. The van der Waals surface area contributed by atoms with Crippen LogP contribution in [0, 0.1) is 6.92 Å². The largest absolute Gasteiger partial charge is 0.452 e. The summed E-state index contributed by atoms with van der Waals surface area (Å²) in [6.45, 7) is 3.24. The van der Waals surface area contributed by atoms with Crippen molar-refractivity contribution < 1.29 is 19.1 Å². The molecule has 3 rings (SSSR count). The first-order valence-corrected chi connectivity index (χ1v) is 9.55. The van der Waals surface area contributed by atoms with E-state index in [1.807, 2.05) is 19.1 Å². The number of anilines is 2. The molecule has 1 aliphatic rings. The summed E-state index contributed by atoms with van der Waals surface area (Å²) in [7, 11) is 0. The predicted octanol–water partition coefficient (Wildman–Crippen LogP) is 3.97. The van der Waals surface area contributed by atoms with Crippen molar-refractivity contribution in [1.29, 1.82) is 0 Å². The Morgan fingerprint density at radius 1 is 1.28 bits per heavy atom. The second-order valence-corrected chi connectivity index (χ2v) is 7.24. The summed E-state index contributed by atoms with van der Waals surface area (Å²) in [4.78, 5) is 38.3. The van der Waals surface area contributed by atoms with Gasteiger partial charge < -0.3 is 15.0 Å². The third kappa shape index (κ3) is 5.03. The van der Waals surface area contributed by atoms with E-state index in [9.17, 15) is 14.4 Å². The van der Waals surface area contributed by atoms with Gasteiger partial charge in [0.2, 0.25) is 5.91 Å². The van der Waals surface area contributed by atoms with Gasteiger partial charge in [0, 0.05) is 23.6 Å². The zero-order valence-corrected chi connectivity index (χ0v) is 16.9. The Bertz CT molecular complexity index is 987. The molecule has 1 N–H and O–H groups in total. The Kier molecular flexibility index (Phi) is 6.34. The minimum absolute atomic E-state index is 0.155. The number of halogens is 1. The highest BCUT2D eigenvalue weighted by Gasteiger charge is 2.29. The smallest absolute Gasteiger partial charge is 0.331 e. The van der Waals surface area contributed by atoms with E-state index in [-0.39, 0.29) is 18.4 Å². The third-order valence-corrected chi connectivity index (χ3v) is 4.98. The van der Waals surface area contributed by atoms with Crippen LogP contribution in [0.25, 0.3) is 6.08 Å². The van der Waals surface area contributed by atoms with E-state index in [2.05, 4.69) is 5.32 Å². The van der Waals surface area contributed by atoms with Crippen LogP contribution >= 0.6 is 11.6 Å². The highest BCUT2D eigenvalue weighted by Crippen LogP contribution is 2.31. The number of carbonyl (C=O) groups excluding carboxylic acids is 3. The zero-order chi connectivity index (χ0) is 21.0. The van der Waals surface area contributed by atoms with E-state index in [1.54, 1.807) is 43.3 Å². The number of fused-ring (bicyclic) bond motifs is 1. The number of para-hydroxylation sites is 2. The molecule has 0 aromatic heterocycles. The third-order valence-electron chi connectivity index (χ3n) is 4.57. The number of ether oxygens (including phenoxy) is 1. The van der Waals surface area contributed by atoms with Crippen molar-refractivity contribution >= 4 is 46.8 Å². The van der Waals surface area contributed by atoms with Crippen LogP contribution in [0.15, 0.2) is 48.5 Å². The highest BCUT2D eigenvalue weighted by atomic mass is 35.5. The molecule has 0 spiro atoms. The Balaban J connectivity index is 1.66. The second-order valence-electron chi connectivity index (χ2n) is 6.83. The van der Waals surface area contributed by atoms with Crippen molar-refractivity contribution in [3.8, 4) is 0 Å². The first-order chi connectivity index (χ1) is 13.8. The molecule has 2 aromatic carbocycles. The number of nitrogens with one attached hydrogen (secondary N) is 1. The molecule has 150 valence electrons. The van der Waals surface area contributed by atoms with Gasteiger partial charge in [0.25, 0.3) is 5.91 Å². The Morgan fingerprint density at radius 2 is 2.03 bits per heavy atom. The monoisotopic (exact) mass is 412 g/mol. The molecule has 0 unspecified atom stereocenters. The van der Waals surface area contributed by atoms with Crippen LogP contribution in [-0.4, -0.2) is 30.4 Å². The summed E-state index contributed by atoms with van der Waals surface area (Å²) < 4.78 is 5.11. The van der Waals surface area contributed by atoms with E-state index in [4.69, 9.17) is 16.3 Å². The second kappa shape index (κ2) is 8.92. The van der Waals surface area contributed by atoms with Gasteiger partial charge >= 0.3 is 5.97 Å². The molecule has 1 aliphatic heterocycles. The molecular formula is C22H21ClN2O4. The lowest BCUT2D eigenvalue weighted by atomic mass is 10.1. The minimum atomic E-state index is -0.639. The quantitative estimate of drug-likeness (QED) is 0.609. The molecule has 7 heteroatoms. The summed E-state index contributed by atoms with van der Waals surface area (Å²) in [6, 6.07) is 12.1. The number of benzene rings is 2. The molecular weight excluding hydrogens is 392 g/mol. The molecule has 0 saturated carbocycles. The molecule has 1 atom stereocenters. The summed E-state index contributed by atoms with van der Waals surface area (Å²) in [6.07, 6.45) is 2.98. The van der Waals surface area contributed by atoms with Crippen molar-refractivity contribution in [2.24, 2.45) is 0 Å². The lowest BCUT2D eigenvalue weighted by Gasteiger charge is -2.27. The van der Waals surface area contributed by atoms with Gasteiger partial charge in [-0.25, -0.2) is 4.79 Å². The predicted molar refractivity (Wildman–Crippen MR) is 113 cm³/mol. The van der Waals surface area contributed by atoms with Crippen LogP contribution in [0.4, 0.5) is 11.4 Å². The Labute approximate surface area is 174 Å². The maximum absolute atomic E-state index is 12.8. The molecule has 29 heavy (non-hydrogen) atoms. The summed E-state index contributed by atoms with van der Waals surface area (Å²) in [5, 5.41) is 3.39. The molecule has 0 bridgehead atoms. The van der Waals surface area contributed by atoms with E-state index in [0.29, 0.717) is 16.4 Å². The zero-order valence-electron chi connectivity index (χ0n) is 16.1. The lowest BCUT2D eigenvalue weighted by Crippen LogP contribution is -2.41. The molecule has 0 aliphatic carbocycles. The maximum atomic E-state index is 12.8. The van der Waals surface area contributed by atoms with Crippen LogP contribution in [0.1, 0.15) is 24.5 Å². The van der Waals surface area contributed by atoms with Crippen LogP contribution in [-0.2, 0) is 19.1 Å². The van der Waals surface area contributed by atoms with Gasteiger partial charge in [0.15, 0.2) is 6.61 Å². The van der Waals surface area contributed by atoms with Gasteiger partial charge in [-0.05, 0) is 49.2 Å². The fourth-order valence-corrected chi connectivity index (χ4v) is 3.28. The SMILES string of the molecule is Cc1ccc(/C=C/C(=O)OCC(=O)N2c3ccccc3NC(=O)C[C@H]2C)cc1Cl. The molecule has 2 aromatic rings. The van der Waals surface area contributed by atoms with Crippen molar-refractivity contribution in [2.45, 2.75) is 26.3 Å². The van der Waals surface area contributed by atoms with Crippen LogP contribution < -0.4 is 10.2 Å². The van der Waals surface area contributed by atoms with Gasteiger partial charge in [0.1, 0.15) is 0 Å². The topological polar surface area (TPSA) is 75.7 Å². The lowest BCUT2D eigenvalue weighted by molar-refractivity contribution is -0.143. The number of carbonyl (C=O) groups is 3. The minimum Gasteiger partial charge on any atom is -0.452 e. The fourth-order valence-electron chi connectivity index (χ4n) is 3.10. The molecule has 1 heterocycles. The molecule has 0 radical (unpaired) electrons. The van der Waals surface area contributed by atoms with Gasteiger partial charge in [-0.1, -0.05) is 35.9 Å². The summed E-state index contributed by atoms with van der Waals surface area (Å²) in [5.41, 5.74) is 2.83. The van der Waals surface area contributed by atoms with Crippen LogP contribution in [0.3, 0.4) is 0 Å². The van der Waals surface area contributed by atoms with E-state index >= 15 is 0 Å². The van der Waals surface area contributed by atoms with Gasteiger partial charge in [-0.2, -0.15) is 0 Å². The van der Waals surface area contributed by atoms with Crippen molar-refractivity contribution in [2.75, 3.05) is 16.8 Å². The summed E-state index contributed by atoms with van der Waals surface area (Å²) >= 11 is 6.07. The molecule has 0 fully saturated rings. The van der Waals surface area contributed by atoms with Crippen molar-refractivity contribution in [3.63, 3.8) is 0 Å². The first kappa shape index (κ1) is 20.6. The average Bonchev–Trinajstić information content (AvgIpc) is 2.81. The maximum Gasteiger partial charge on any atom is 0.331 e. The number of esters is 1. The Hall–Kier alpha value is -3.12. The normalized spacial score (nSPS) is 16.2. The number of nitrogens with zero attached hydrogens (tertiary/aromatic N) is 1. The van der Waals surface area contributed by atoms with Crippen LogP contribution in [0.2, 0.25) is 5.02 Å². The van der Waals surface area contributed by atoms with E-state index < -0.39 is 18.5 Å². The molecule has 2 amide bonds. The van der Waals surface area contributed by atoms with Crippen molar-refractivity contribution in [1.82, 2.24) is 0 Å². The standard InChI is InChI=1S/C22H21ClN2O4/c1-14-7-8-16(12-17(14)23)9-10-22(28)29-13-21(27)25-15(2)11-20(26)24-18-5-3-4-6-19(18)25/h3-10,12,15H,11,13H2,1-2H3,(H,24,26)/b10-9+/t15-/m1/s1. The van der Waals surface area contributed by atoms with Crippen molar-refractivity contribution in [3.05, 3.63) is 64.7 Å². The van der Waals surface area contributed by atoms with E-state index in [1.165, 1.54) is 11.0 Å². The Morgan fingerprint density at radius 3 is 2.79 bits per heavy atom. The average molecular weight is 413 g/mol. The molecule has 6 nitrogen and oxygen atoms in total. The van der Waals surface area contributed by atoms with E-state index in [0.717, 1.165) is 11.1 Å². The van der Waals surface area contributed by atoms with Gasteiger partial charge in [-0.15, -0.1) is 0 Å². The number of hydrogen-bond acceptors (Lipinski definition) is 4. The van der Waals surface area contributed by atoms with Gasteiger partial charge in [-0.3, -0.25) is 9.59 Å². The number of amides is 2. The molecule has 0 saturated heterocycles. The summed E-state index contributed by atoms with van der Waals surface area (Å²) in [5.74, 6) is -1.21. The number of rotatable bonds is 4. The fraction of sp³-hybridized carbons (Fsp3) is 0.227. The van der Waals surface area contributed by atoms with Gasteiger partial charge in [0.05, 0.1) is 11.4 Å². The highest BCUT2D eigenvalue weighted by molar-refractivity contribution is 6.31.